The summed E-state index contributed by atoms with van der Waals surface area (Å²) < 4.78 is 0. The Morgan fingerprint density at radius 1 is 1.17 bits per heavy atom. The van der Waals surface area contributed by atoms with Crippen LogP contribution in [-0.4, -0.2) is 43.5 Å². The van der Waals surface area contributed by atoms with Crippen LogP contribution in [0.3, 0.4) is 0 Å². The molecule has 2 aliphatic rings. The first-order chi connectivity index (χ1) is 14.7. The second-order valence-corrected chi connectivity index (χ2v) is 7.78. The number of hydroxylamine groups is 2. The van der Waals surface area contributed by atoms with E-state index >= 15 is 0 Å². The molecule has 1 unspecified atom stereocenters. The molecule has 8 heteroatoms. The molecule has 1 saturated heterocycles. The number of amidine groups is 1. The molecule has 2 aromatic carbocycles. The molecular formula is C22H22N6O2. The van der Waals surface area contributed by atoms with Crippen LogP contribution < -0.4 is 0 Å². The number of nitrogens with zero attached hydrogens (tertiary/aromatic N) is 5. The highest BCUT2D eigenvalue weighted by Crippen LogP contribution is 2.32. The fourth-order valence-corrected chi connectivity index (χ4v) is 3.61. The van der Waals surface area contributed by atoms with Gasteiger partial charge in [0.25, 0.3) is 5.91 Å². The Morgan fingerprint density at radius 3 is 2.63 bits per heavy atom. The van der Waals surface area contributed by atoms with E-state index in [0.717, 1.165) is 40.9 Å². The predicted molar refractivity (Wildman–Crippen MR) is 111 cm³/mol. The summed E-state index contributed by atoms with van der Waals surface area (Å²) in [6.45, 7) is 2.54. The number of carbonyl (C=O) groups is 1. The summed E-state index contributed by atoms with van der Waals surface area (Å²) >= 11 is 0. The average molecular weight is 402 g/mol. The smallest absolute Gasteiger partial charge is 0.250 e. The Balaban J connectivity index is 1.35. The maximum atomic E-state index is 12.1. The maximum absolute atomic E-state index is 12.1. The largest absolute Gasteiger partial charge is 0.272 e. The second-order valence-electron chi connectivity index (χ2n) is 7.78. The molecule has 0 radical (unpaired) electrons. The highest BCUT2D eigenvalue weighted by Gasteiger charge is 2.33. The van der Waals surface area contributed by atoms with Crippen molar-refractivity contribution in [3.63, 3.8) is 0 Å². The van der Waals surface area contributed by atoms with Gasteiger partial charge in [-0.3, -0.25) is 9.63 Å². The first-order valence-electron chi connectivity index (χ1n) is 10.2. The van der Waals surface area contributed by atoms with Crippen LogP contribution in [0.25, 0.3) is 22.5 Å². The van der Waals surface area contributed by atoms with E-state index in [1.807, 2.05) is 31.2 Å². The first-order valence-corrected chi connectivity index (χ1v) is 10.2. The highest BCUT2D eigenvalue weighted by atomic mass is 16.7. The molecule has 2 fully saturated rings. The van der Waals surface area contributed by atoms with Crippen molar-refractivity contribution in [1.29, 1.82) is 0 Å². The standard InChI is InChI=1S/C22H22N6O2/c1-14-12-20(23-22(29)17-10-11-17)28(30-14)13-15-6-8-16(9-7-15)18-4-2-3-5-19(18)21-24-26-27-25-21/h2-9,14,17H,10-13H2,1H3,(H,24,25,26,27). The number of amides is 1. The highest BCUT2D eigenvalue weighted by molar-refractivity contribution is 5.96. The number of benzene rings is 2. The van der Waals surface area contributed by atoms with Crippen LogP contribution in [0, 0.1) is 5.92 Å². The van der Waals surface area contributed by atoms with Gasteiger partial charge in [0.1, 0.15) is 5.84 Å². The van der Waals surface area contributed by atoms with Gasteiger partial charge in [0, 0.05) is 17.9 Å². The van der Waals surface area contributed by atoms with Crippen LogP contribution in [0.4, 0.5) is 0 Å². The number of nitrogens with one attached hydrogen (secondary N) is 1. The third kappa shape index (κ3) is 3.86. The summed E-state index contributed by atoms with van der Waals surface area (Å²) in [5.74, 6) is 1.40. The number of tetrazole rings is 1. The van der Waals surface area contributed by atoms with Crippen LogP contribution in [0.1, 0.15) is 31.7 Å². The predicted octanol–water partition coefficient (Wildman–Crippen LogP) is 3.39. The topological polar surface area (TPSA) is 96.4 Å². The molecule has 1 aliphatic carbocycles. The zero-order valence-corrected chi connectivity index (χ0v) is 16.7. The number of hydrogen-bond donors (Lipinski definition) is 1. The zero-order chi connectivity index (χ0) is 20.5. The summed E-state index contributed by atoms with van der Waals surface area (Å²) in [7, 11) is 0. The number of aliphatic imine (C=N–C) groups is 1. The third-order valence-corrected chi connectivity index (χ3v) is 5.34. The Labute approximate surface area is 173 Å². The summed E-state index contributed by atoms with van der Waals surface area (Å²) in [5.41, 5.74) is 4.10. The average Bonchev–Trinajstić information content (AvgIpc) is 3.37. The number of hydrogen-bond acceptors (Lipinski definition) is 5. The number of aromatic amines is 1. The monoisotopic (exact) mass is 402 g/mol. The first kappa shape index (κ1) is 18.6. The summed E-state index contributed by atoms with van der Waals surface area (Å²) in [4.78, 5) is 22.3. The van der Waals surface area contributed by atoms with E-state index in [0.29, 0.717) is 18.8 Å². The quantitative estimate of drug-likeness (QED) is 0.703. The fourth-order valence-electron chi connectivity index (χ4n) is 3.61. The van der Waals surface area contributed by atoms with Gasteiger partial charge in [0.2, 0.25) is 5.82 Å². The van der Waals surface area contributed by atoms with Crippen molar-refractivity contribution in [2.45, 2.75) is 38.8 Å². The van der Waals surface area contributed by atoms with E-state index in [-0.39, 0.29) is 17.9 Å². The number of carbonyl (C=O) groups excluding carboxylic acids is 1. The molecule has 2 heterocycles. The Hall–Kier alpha value is -3.39. The van der Waals surface area contributed by atoms with E-state index in [1.54, 1.807) is 5.06 Å². The van der Waals surface area contributed by atoms with Crippen LogP contribution in [0.15, 0.2) is 53.5 Å². The van der Waals surface area contributed by atoms with Crippen LogP contribution in [0.5, 0.6) is 0 Å². The van der Waals surface area contributed by atoms with Crippen molar-refractivity contribution >= 4 is 11.7 Å². The molecule has 0 spiro atoms. The number of H-pyrrole nitrogens is 1. The minimum Gasteiger partial charge on any atom is -0.272 e. The van der Waals surface area contributed by atoms with Gasteiger partial charge >= 0.3 is 0 Å². The minimum absolute atomic E-state index is 0.0129. The zero-order valence-electron chi connectivity index (χ0n) is 16.7. The van der Waals surface area contributed by atoms with Crippen molar-refractivity contribution in [3.05, 3.63) is 54.1 Å². The molecule has 30 heavy (non-hydrogen) atoms. The molecule has 1 aromatic heterocycles. The minimum atomic E-state index is -0.0129. The SMILES string of the molecule is CC1CC(=NC(=O)C2CC2)N(Cc2ccc(-c3ccccc3-c3nn[nH]n3)cc2)O1. The maximum Gasteiger partial charge on any atom is 0.250 e. The van der Waals surface area contributed by atoms with Crippen molar-refractivity contribution in [1.82, 2.24) is 25.7 Å². The van der Waals surface area contributed by atoms with E-state index in [2.05, 4.69) is 49.9 Å². The summed E-state index contributed by atoms with van der Waals surface area (Å²) in [5, 5.41) is 16.1. The van der Waals surface area contributed by atoms with Crippen molar-refractivity contribution in [2.24, 2.45) is 10.9 Å². The van der Waals surface area contributed by atoms with Crippen molar-refractivity contribution in [2.75, 3.05) is 0 Å². The van der Waals surface area contributed by atoms with Gasteiger partial charge in [0.15, 0.2) is 0 Å². The molecule has 1 amide bonds. The van der Waals surface area contributed by atoms with E-state index in [1.165, 1.54) is 0 Å². The molecule has 0 bridgehead atoms. The van der Waals surface area contributed by atoms with E-state index < -0.39 is 0 Å². The molecule has 1 N–H and O–H groups in total. The van der Waals surface area contributed by atoms with E-state index in [9.17, 15) is 4.79 Å². The van der Waals surface area contributed by atoms with Crippen molar-refractivity contribution < 1.29 is 9.63 Å². The fraction of sp³-hybridized carbons (Fsp3) is 0.318. The Bertz CT molecular complexity index is 1070. The summed E-state index contributed by atoms with van der Waals surface area (Å²) in [6, 6.07) is 16.2. The normalized spacial score (nSPS) is 20.1. The lowest BCUT2D eigenvalue weighted by atomic mass is 9.98. The van der Waals surface area contributed by atoms with Gasteiger partial charge in [0.05, 0.1) is 12.6 Å². The Kier molecular flexibility index (Phi) is 4.84. The Morgan fingerprint density at radius 2 is 1.93 bits per heavy atom. The lowest BCUT2D eigenvalue weighted by Crippen LogP contribution is -2.24. The van der Waals surface area contributed by atoms with Gasteiger partial charge in [-0.1, -0.05) is 48.5 Å². The molecule has 1 atom stereocenters. The molecule has 3 aromatic rings. The molecule has 1 aliphatic heterocycles. The van der Waals surface area contributed by atoms with E-state index in [4.69, 9.17) is 4.84 Å². The lowest BCUT2D eigenvalue weighted by molar-refractivity contribution is -0.121. The second kappa shape index (κ2) is 7.79. The van der Waals surface area contributed by atoms with Crippen LogP contribution in [-0.2, 0) is 16.2 Å². The summed E-state index contributed by atoms with van der Waals surface area (Å²) in [6.07, 6.45) is 2.60. The van der Waals surface area contributed by atoms with Crippen LogP contribution >= 0.6 is 0 Å². The van der Waals surface area contributed by atoms with Gasteiger partial charge in [-0.15, -0.1) is 10.2 Å². The lowest BCUT2D eigenvalue weighted by Gasteiger charge is -2.18. The molecule has 5 rings (SSSR count). The van der Waals surface area contributed by atoms with Gasteiger partial charge in [-0.05, 0) is 41.7 Å². The van der Waals surface area contributed by atoms with Crippen molar-refractivity contribution in [3.8, 4) is 22.5 Å². The van der Waals surface area contributed by atoms with Gasteiger partial charge in [-0.25, -0.2) is 5.06 Å². The van der Waals surface area contributed by atoms with Gasteiger partial charge < -0.3 is 0 Å². The van der Waals surface area contributed by atoms with Crippen LogP contribution in [0.2, 0.25) is 0 Å². The third-order valence-electron chi connectivity index (χ3n) is 5.34. The number of aromatic nitrogens is 4. The van der Waals surface area contributed by atoms with Gasteiger partial charge in [-0.2, -0.15) is 10.2 Å². The molecule has 8 nitrogen and oxygen atoms in total. The molecular weight excluding hydrogens is 380 g/mol. The molecule has 1 saturated carbocycles. The number of rotatable bonds is 5. The molecule has 152 valence electrons.